The summed E-state index contributed by atoms with van der Waals surface area (Å²) in [7, 11) is 0. The van der Waals surface area contributed by atoms with Gasteiger partial charge in [-0.15, -0.1) is 11.3 Å². The first-order chi connectivity index (χ1) is 16.8. The predicted molar refractivity (Wildman–Crippen MR) is 140 cm³/mol. The number of hydrogen-bond donors (Lipinski definition) is 1. The number of carbonyl (C=O) groups excluding carboxylic acids is 2. The van der Waals surface area contributed by atoms with Crippen LogP contribution in [0.1, 0.15) is 70.1 Å². The van der Waals surface area contributed by atoms with Gasteiger partial charge in [0.05, 0.1) is 16.8 Å². The summed E-state index contributed by atoms with van der Waals surface area (Å²) < 4.78 is 5.70. The van der Waals surface area contributed by atoms with Crippen LogP contribution in [0.5, 0.6) is 0 Å². The minimum atomic E-state index is -0.836. The van der Waals surface area contributed by atoms with Crippen molar-refractivity contribution >= 4 is 28.8 Å². The topological polar surface area (TPSA) is 71.5 Å². The second kappa shape index (κ2) is 11.1. The molecule has 2 heterocycles. The Morgan fingerprint density at radius 1 is 1.09 bits per heavy atom. The Balaban J connectivity index is 1.77. The Bertz CT molecular complexity index is 1150. The summed E-state index contributed by atoms with van der Waals surface area (Å²) in [6.45, 7) is 9.14. The van der Waals surface area contributed by atoms with Crippen molar-refractivity contribution in [2.75, 3.05) is 18.1 Å². The summed E-state index contributed by atoms with van der Waals surface area (Å²) >= 11 is 1.36. The third-order valence-electron chi connectivity index (χ3n) is 6.30. The van der Waals surface area contributed by atoms with Crippen molar-refractivity contribution in [1.29, 1.82) is 0 Å². The smallest absolute Gasteiger partial charge is 0.271 e. The maximum absolute atomic E-state index is 14.1. The molecule has 0 radical (unpaired) electrons. The molecule has 0 unspecified atom stereocenters. The van der Waals surface area contributed by atoms with E-state index in [0.717, 1.165) is 30.0 Å². The van der Waals surface area contributed by atoms with Gasteiger partial charge < -0.3 is 10.1 Å². The number of nitrogens with one attached hydrogen (secondary N) is 1. The van der Waals surface area contributed by atoms with Crippen LogP contribution in [0, 0.1) is 13.8 Å². The van der Waals surface area contributed by atoms with Crippen LogP contribution >= 0.6 is 11.3 Å². The van der Waals surface area contributed by atoms with Crippen molar-refractivity contribution in [2.24, 2.45) is 0 Å². The fourth-order valence-electron chi connectivity index (χ4n) is 4.41. The molecular formula is C28H33N3O3S. The van der Waals surface area contributed by atoms with Crippen molar-refractivity contribution in [3.05, 3.63) is 81.3 Å². The third-order valence-corrected chi connectivity index (χ3v) is 7.37. The van der Waals surface area contributed by atoms with E-state index in [1.807, 2.05) is 68.4 Å². The Morgan fingerprint density at radius 2 is 1.80 bits per heavy atom. The molecule has 6 nitrogen and oxygen atoms in total. The number of aromatic nitrogens is 1. The highest BCUT2D eigenvalue weighted by Gasteiger charge is 2.35. The van der Waals surface area contributed by atoms with Gasteiger partial charge in [-0.1, -0.05) is 56.3 Å². The van der Waals surface area contributed by atoms with Gasteiger partial charge in [0.2, 0.25) is 5.91 Å². The number of amides is 2. The number of carbonyl (C=O) groups is 2. The van der Waals surface area contributed by atoms with Gasteiger partial charge in [0, 0.05) is 18.8 Å². The normalized spacial score (nSPS) is 16.3. The number of nitrogens with zero attached hydrogens (tertiary/aromatic N) is 2. The second-order valence-electron chi connectivity index (χ2n) is 9.26. The largest absolute Gasteiger partial charge is 0.376 e. The fourth-order valence-corrected chi connectivity index (χ4v) is 5.27. The molecule has 1 N–H and O–H groups in total. The van der Waals surface area contributed by atoms with Crippen LogP contribution in [0.25, 0.3) is 0 Å². The molecular weight excluding hydrogens is 458 g/mol. The van der Waals surface area contributed by atoms with E-state index in [1.165, 1.54) is 16.9 Å². The highest BCUT2D eigenvalue weighted by atomic mass is 32.1. The molecule has 2 amide bonds. The van der Waals surface area contributed by atoms with Crippen LogP contribution in [0.15, 0.2) is 54.6 Å². The lowest BCUT2D eigenvalue weighted by molar-refractivity contribution is -0.123. The Hall–Kier alpha value is -3.03. The van der Waals surface area contributed by atoms with Crippen LogP contribution in [-0.2, 0) is 9.53 Å². The van der Waals surface area contributed by atoms with Crippen LogP contribution < -0.4 is 10.2 Å². The number of aryl methyl sites for hydroxylation is 2. The van der Waals surface area contributed by atoms with E-state index in [0.29, 0.717) is 28.7 Å². The molecule has 4 rings (SSSR count). The molecule has 1 aliphatic rings. The molecule has 1 saturated heterocycles. The Kier molecular flexibility index (Phi) is 7.98. The molecule has 0 aliphatic carbocycles. The van der Waals surface area contributed by atoms with E-state index in [-0.39, 0.29) is 17.9 Å². The summed E-state index contributed by atoms with van der Waals surface area (Å²) in [5.74, 6) is -0.0994. The summed E-state index contributed by atoms with van der Waals surface area (Å²) in [5, 5.41) is 3.88. The molecule has 0 saturated carbocycles. The third kappa shape index (κ3) is 5.80. The molecule has 184 valence electrons. The van der Waals surface area contributed by atoms with Gasteiger partial charge in [-0.05, 0) is 55.9 Å². The SMILES string of the molecule is Cc1nc(C)c(C(=O)N(c2ccc(C(C)C)cc2)[C@H](C(=O)NC[C@H]2CCCO2)c2ccccc2)s1. The molecule has 35 heavy (non-hydrogen) atoms. The zero-order valence-corrected chi connectivity index (χ0v) is 21.6. The standard InChI is InChI=1S/C28H33N3O3S/c1-18(2)21-12-14-23(15-13-21)31(28(33)26-19(3)30-20(4)35-26)25(22-9-6-5-7-10-22)27(32)29-17-24-11-8-16-34-24/h5-7,9-10,12-15,18,24-25H,8,11,16-17H2,1-4H3,(H,29,32)/t24-,25+/m1/s1. The molecule has 1 aromatic heterocycles. The summed E-state index contributed by atoms with van der Waals surface area (Å²) in [5.41, 5.74) is 3.27. The van der Waals surface area contributed by atoms with Gasteiger partial charge in [-0.2, -0.15) is 0 Å². The molecule has 2 aromatic carbocycles. The lowest BCUT2D eigenvalue weighted by Gasteiger charge is -2.32. The van der Waals surface area contributed by atoms with Gasteiger partial charge in [-0.3, -0.25) is 14.5 Å². The first-order valence-electron chi connectivity index (χ1n) is 12.2. The highest BCUT2D eigenvalue weighted by molar-refractivity contribution is 7.13. The predicted octanol–water partition coefficient (Wildman–Crippen LogP) is 5.57. The van der Waals surface area contributed by atoms with Crippen LogP contribution in [-0.4, -0.2) is 36.1 Å². The minimum Gasteiger partial charge on any atom is -0.376 e. The van der Waals surface area contributed by atoms with E-state index in [4.69, 9.17) is 4.74 Å². The van der Waals surface area contributed by atoms with Gasteiger partial charge in [0.1, 0.15) is 10.9 Å². The fraction of sp³-hybridized carbons (Fsp3) is 0.393. The Labute approximate surface area is 211 Å². The van der Waals surface area contributed by atoms with Gasteiger partial charge >= 0.3 is 0 Å². The summed E-state index contributed by atoms with van der Waals surface area (Å²) in [6.07, 6.45) is 1.94. The summed E-state index contributed by atoms with van der Waals surface area (Å²) in [4.78, 5) is 34.4. The molecule has 0 spiro atoms. The maximum Gasteiger partial charge on any atom is 0.271 e. The van der Waals surface area contributed by atoms with Crippen LogP contribution in [0.2, 0.25) is 0 Å². The second-order valence-corrected chi connectivity index (χ2v) is 10.5. The van der Waals surface area contributed by atoms with Gasteiger partial charge in [0.25, 0.3) is 5.91 Å². The lowest BCUT2D eigenvalue weighted by Crippen LogP contribution is -2.45. The lowest BCUT2D eigenvalue weighted by atomic mass is 10.00. The number of hydrogen-bond acceptors (Lipinski definition) is 5. The minimum absolute atomic E-state index is 0.0104. The van der Waals surface area contributed by atoms with Crippen molar-refractivity contribution in [1.82, 2.24) is 10.3 Å². The number of ether oxygens (including phenoxy) is 1. The Morgan fingerprint density at radius 3 is 2.37 bits per heavy atom. The average Bonchev–Trinajstić information content (AvgIpc) is 3.50. The van der Waals surface area contributed by atoms with Crippen LogP contribution in [0.3, 0.4) is 0 Å². The first-order valence-corrected chi connectivity index (χ1v) is 13.0. The number of anilines is 1. The van der Waals surface area contributed by atoms with Crippen LogP contribution in [0.4, 0.5) is 5.69 Å². The average molecular weight is 492 g/mol. The van der Waals surface area contributed by atoms with E-state index in [2.05, 4.69) is 24.1 Å². The zero-order chi connectivity index (χ0) is 24.9. The molecule has 2 atom stereocenters. The number of thiazole rings is 1. The quantitative estimate of drug-likeness (QED) is 0.447. The van der Waals surface area contributed by atoms with E-state index in [9.17, 15) is 9.59 Å². The zero-order valence-electron chi connectivity index (χ0n) is 20.8. The molecule has 1 fully saturated rings. The summed E-state index contributed by atoms with van der Waals surface area (Å²) in [6, 6.07) is 16.6. The highest BCUT2D eigenvalue weighted by Crippen LogP contribution is 2.33. The number of rotatable bonds is 8. The van der Waals surface area contributed by atoms with Gasteiger partial charge in [0.15, 0.2) is 0 Å². The number of benzene rings is 2. The first kappa shape index (κ1) is 25.1. The molecule has 3 aromatic rings. The maximum atomic E-state index is 14.1. The van der Waals surface area contributed by atoms with Crippen molar-refractivity contribution < 1.29 is 14.3 Å². The molecule has 1 aliphatic heterocycles. The van der Waals surface area contributed by atoms with E-state index < -0.39 is 6.04 Å². The monoisotopic (exact) mass is 491 g/mol. The molecule has 0 bridgehead atoms. The van der Waals surface area contributed by atoms with Crippen molar-refractivity contribution in [3.63, 3.8) is 0 Å². The van der Waals surface area contributed by atoms with Crippen molar-refractivity contribution in [3.8, 4) is 0 Å². The van der Waals surface area contributed by atoms with Crippen molar-refractivity contribution in [2.45, 2.75) is 58.6 Å². The molecule has 7 heteroatoms. The van der Waals surface area contributed by atoms with E-state index >= 15 is 0 Å². The van der Waals surface area contributed by atoms with E-state index in [1.54, 1.807) is 4.90 Å². The van der Waals surface area contributed by atoms with Gasteiger partial charge in [-0.25, -0.2) is 4.98 Å².